The molecular formula is C20H27N3O3. The largest absolute Gasteiger partial charge is 0.490 e. The fourth-order valence-electron chi connectivity index (χ4n) is 2.91. The van der Waals surface area contributed by atoms with Gasteiger partial charge in [-0.15, -0.1) is 0 Å². The standard InChI is InChI=1S/C20H27N3O3/c1-20(2,14-21)15-22(12-16-7-5-4-6-8-16)13-17-9-10-19(26-3)18(11-17)23(24)25/h4-11H,12-15,21H2,1-3H3. The summed E-state index contributed by atoms with van der Waals surface area (Å²) in [5.74, 6) is 0.274. The third-order valence-corrected chi connectivity index (χ3v) is 4.30. The molecule has 140 valence electrons. The van der Waals surface area contributed by atoms with Crippen LogP contribution >= 0.6 is 0 Å². The minimum Gasteiger partial charge on any atom is -0.490 e. The van der Waals surface area contributed by atoms with Crippen molar-refractivity contribution in [3.05, 3.63) is 69.8 Å². The molecule has 0 amide bonds. The molecule has 0 radical (unpaired) electrons. The zero-order valence-electron chi connectivity index (χ0n) is 15.6. The fraction of sp³-hybridized carbons (Fsp3) is 0.400. The van der Waals surface area contributed by atoms with Crippen molar-refractivity contribution >= 4 is 5.69 Å². The summed E-state index contributed by atoms with van der Waals surface area (Å²) in [7, 11) is 1.44. The number of methoxy groups -OCH3 is 1. The van der Waals surface area contributed by atoms with Gasteiger partial charge in [-0.25, -0.2) is 0 Å². The molecule has 6 heteroatoms. The Morgan fingerprint density at radius 1 is 1.12 bits per heavy atom. The van der Waals surface area contributed by atoms with Crippen molar-refractivity contribution in [3.8, 4) is 5.75 Å². The normalized spacial score (nSPS) is 11.6. The summed E-state index contributed by atoms with van der Waals surface area (Å²) in [5, 5.41) is 11.3. The average molecular weight is 357 g/mol. The van der Waals surface area contributed by atoms with Crippen molar-refractivity contribution < 1.29 is 9.66 Å². The van der Waals surface area contributed by atoms with E-state index in [1.807, 2.05) is 24.3 Å². The van der Waals surface area contributed by atoms with Crippen LogP contribution in [0.3, 0.4) is 0 Å². The van der Waals surface area contributed by atoms with Crippen LogP contribution in [0.1, 0.15) is 25.0 Å². The molecule has 0 heterocycles. The summed E-state index contributed by atoms with van der Waals surface area (Å²) in [6.45, 7) is 6.97. The summed E-state index contributed by atoms with van der Waals surface area (Å²) in [4.78, 5) is 13.1. The molecule has 0 aliphatic heterocycles. The van der Waals surface area contributed by atoms with Crippen LogP contribution < -0.4 is 10.5 Å². The molecule has 0 aliphatic carbocycles. The van der Waals surface area contributed by atoms with Crippen molar-refractivity contribution in [2.24, 2.45) is 11.1 Å². The maximum Gasteiger partial charge on any atom is 0.311 e. The number of nitrogens with zero attached hydrogens (tertiary/aromatic N) is 2. The number of hydrogen-bond donors (Lipinski definition) is 1. The van der Waals surface area contributed by atoms with E-state index < -0.39 is 4.92 Å². The molecule has 0 atom stereocenters. The predicted octanol–water partition coefficient (Wildman–Crippen LogP) is 3.59. The predicted molar refractivity (Wildman–Crippen MR) is 103 cm³/mol. The van der Waals surface area contributed by atoms with Crippen LogP contribution in [-0.4, -0.2) is 30.0 Å². The van der Waals surface area contributed by atoms with Gasteiger partial charge in [-0.3, -0.25) is 15.0 Å². The maximum absolute atomic E-state index is 11.3. The second-order valence-corrected chi connectivity index (χ2v) is 7.26. The molecule has 0 unspecified atom stereocenters. The lowest BCUT2D eigenvalue weighted by molar-refractivity contribution is -0.385. The van der Waals surface area contributed by atoms with Gasteiger partial charge in [0.05, 0.1) is 12.0 Å². The van der Waals surface area contributed by atoms with Crippen molar-refractivity contribution in [3.63, 3.8) is 0 Å². The molecule has 2 aromatic rings. The lowest BCUT2D eigenvalue weighted by Crippen LogP contribution is -2.38. The number of rotatable bonds is 9. The highest BCUT2D eigenvalue weighted by molar-refractivity contribution is 5.48. The van der Waals surface area contributed by atoms with Crippen LogP contribution in [0.5, 0.6) is 5.75 Å². The van der Waals surface area contributed by atoms with E-state index >= 15 is 0 Å². The first kappa shape index (κ1) is 19.9. The molecule has 26 heavy (non-hydrogen) atoms. The van der Waals surface area contributed by atoms with Crippen LogP contribution in [0.4, 0.5) is 5.69 Å². The van der Waals surface area contributed by atoms with Gasteiger partial charge in [-0.05, 0) is 29.2 Å². The van der Waals surface area contributed by atoms with Gasteiger partial charge < -0.3 is 10.5 Å². The van der Waals surface area contributed by atoms with E-state index in [9.17, 15) is 10.1 Å². The van der Waals surface area contributed by atoms with E-state index in [-0.39, 0.29) is 16.9 Å². The van der Waals surface area contributed by atoms with Crippen LogP contribution in [0.25, 0.3) is 0 Å². The highest BCUT2D eigenvalue weighted by Crippen LogP contribution is 2.28. The molecule has 0 saturated heterocycles. The van der Waals surface area contributed by atoms with Gasteiger partial charge in [-0.1, -0.05) is 50.2 Å². The number of hydrogen-bond acceptors (Lipinski definition) is 5. The lowest BCUT2D eigenvalue weighted by Gasteiger charge is -2.32. The SMILES string of the molecule is COc1ccc(CN(Cc2ccccc2)CC(C)(C)CN)cc1[N+](=O)[O-]. The van der Waals surface area contributed by atoms with E-state index in [1.54, 1.807) is 12.1 Å². The summed E-state index contributed by atoms with van der Waals surface area (Å²) in [6.07, 6.45) is 0. The zero-order chi connectivity index (χ0) is 19.2. The van der Waals surface area contributed by atoms with Crippen LogP contribution in [0.2, 0.25) is 0 Å². The fourth-order valence-corrected chi connectivity index (χ4v) is 2.91. The van der Waals surface area contributed by atoms with Crippen LogP contribution in [0, 0.1) is 15.5 Å². The quantitative estimate of drug-likeness (QED) is 0.548. The van der Waals surface area contributed by atoms with Crippen LogP contribution in [0.15, 0.2) is 48.5 Å². The molecule has 0 fully saturated rings. The molecule has 0 saturated carbocycles. The average Bonchev–Trinajstić information content (AvgIpc) is 2.62. The number of nitro groups is 1. The second-order valence-electron chi connectivity index (χ2n) is 7.26. The Labute approximate surface area is 154 Å². The Morgan fingerprint density at radius 2 is 1.77 bits per heavy atom. The van der Waals surface area contributed by atoms with Crippen molar-refractivity contribution in [1.29, 1.82) is 0 Å². The van der Waals surface area contributed by atoms with Crippen LogP contribution in [-0.2, 0) is 13.1 Å². The van der Waals surface area contributed by atoms with Gasteiger partial charge in [0.2, 0.25) is 0 Å². The first-order chi connectivity index (χ1) is 12.3. The van der Waals surface area contributed by atoms with Crippen molar-refractivity contribution in [2.45, 2.75) is 26.9 Å². The Balaban J connectivity index is 2.25. The van der Waals surface area contributed by atoms with E-state index in [2.05, 4.69) is 30.9 Å². The molecule has 6 nitrogen and oxygen atoms in total. The van der Waals surface area contributed by atoms with E-state index in [4.69, 9.17) is 10.5 Å². The van der Waals surface area contributed by atoms with E-state index in [0.29, 0.717) is 13.1 Å². The first-order valence-electron chi connectivity index (χ1n) is 8.62. The van der Waals surface area contributed by atoms with Gasteiger partial charge >= 0.3 is 5.69 Å². The molecular weight excluding hydrogens is 330 g/mol. The minimum absolute atomic E-state index is 0.0113. The van der Waals surface area contributed by atoms with E-state index in [1.165, 1.54) is 12.7 Å². The molecule has 2 N–H and O–H groups in total. The maximum atomic E-state index is 11.3. The topological polar surface area (TPSA) is 81.6 Å². The summed E-state index contributed by atoms with van der Waals surface area (Å²) < 4.78 is 5.09. The van der Waals surface area contributed by atoms with Crippen molar-refractivity contribution in [2.75, 3.05) is 20.2 Å². The second kappa shape index (κ2) is 8.78. The zero-order valence-corrected chi connectivity index (χ0v) is 15.6. The summed E-state index contributed by atoms with van der Waals surface area (Å²) >= 11 is 0. The number of nitrogens with two attached hydrogens (primary N) is 1. The Morgan fingerprint density at radius 3 is 2.35 bits per heavy atom. The summed E-state index contributed by atoms with van der Waals surface area (Å²) in [5.41, 5.74) is 7.92. The van der Waals surface area contributed by atoms with Gasteiger partial charge in [0.15, 0.2) is 5.75 Å². The third kappa shape index (κ3) is 5.54. The van der Waals surface area contributed by atoms with E-state index in [0.717, 1.165) is 18.7 Å². The Hall–Kier alpha value is -2.44. The molecule has 0 spiro atoms. The molecule has 0 bridgehead atoms. The first-order valence-corrected chi connectivity index (χ1v) is 8.62. The lowest BCUT2D eigenvalue weighted by atomic mass is 9.92. The minimum atomic E-state index is -0.409. The number of ether oxygens (including phenoxy) is 1. The number of benzene rings is 2. The van der Waals surface area contributed by atoms with Gasteiger partial charge in [0.25, 0.3) is 0 Å². The third-order valence-electron chi connectivity index (χ3n) is 4.30. The molecule has 0 aliphatic rings. The molecule has 2 rings (SSSR count). The van der Waals surface area contributed by atoms with Gasteiger partial charge in [0, 0.05) is 25.7 Å². The molecule has 0 aromatic heterocycles. The summed E-state index contributed by atoms with van der Waals surface area (Å²) in [6, 6.07) is 15.3. The Bertz CT molecular complexity index is 732. The highest BCUT2D eigenvalue weighted by atomic mass is 16.6. The highest BCUT2D eigenvalue weighted by Gasteiger charge is 2.22. The van der Waals surface area contributed by atoms with Crippen molar-refractivity contribution in [1.82, 2.24) is 4.90 Å². The molecule has 2 aromatic carbocycles. The van der Waals surface area contributed by atoms with Gasteiger partial charge in [0.1, 0.15) is 0 Å². The Kier molecular flexibility index (Phi) is 6.71. The smallest absolute Gasteiger partial charge is 0.311 e. The van der Waals surface area contributed by atoms with Gasteiger partial charge in [-0.2, -0.15) is 0 Å². The monoisotopic (exact) mass is 357 g/mol. The number of nitro benzene ring substituents is 1.